The standard InChI is InChI=1S/C20H18N2O6/c1-13-19(14(2)28-21-13)12-26-18-5-3-4-16(10-18)20(23)27-11-15-6-8-17(9-7-15)22(24)25/h3-10H,11-12H2,1-2H3. The van der Waals surface area contributed by atoms with Crippen LogP contribution in [0.25, 0.3) is 0 Å². The van der Waals surface area contributed by atoms with Gasteiger partial charge in [0.15, 0.2) is 0 Å². The van der Waals surface area contributed by atoms with Gasteiger partial charge in [-0.25, -0.2) is 4.79 Å². The fraction of sp³-hybridized carbons (Fsp3) is 0.200. The summed E-state index contributed by atoms with van der Waals surface area (Å²) < 4.78 is 16.1. The fourth-order valence-corrected chi connectivity index (χ4v) is 2.52. The van der Waals surface area contributed by atoms with Crippen molar-refractivity contribution in [1.29, 1.82) is 0 Å². The molecule has 3 aromatic rings. The Morgan fingerprint density at radius 1 is 1.14 bits per heavy atom. The van der Waals surface area contributed by atoms with E-state index in [1.54, 1.807) is 36.4 Å². The molecule has 0 bridgehead atoms. The van der Waals surface area contributed by atoms with Crippen LogP contribution in [0.1, 0.15) is 32.9 Å². The van der Waals surface area contributed by atoms with Gasteiger partial charge in [-0.2, -0.15) is 0 Å². The number of aryl methyl sites for hydroxylation is 2. The molecule has 8 heteroatoms. The molecule has 144 valence electrons. The zero-order valence-corrected chi connectivity index (χ0v) is 15.4. The Kier molecular flexibility index (Phi) is 5.69. The molecule has 0 aliphatic carbocycles. The van der Waals surface area contributed by atoms with Crippen LogP contribution in [0, 0.1) is 24.0 Å². The first-order chi connectivity index (χ1) is 13.4. The minimum atomic E-state index is -0.513. The van der Waals surface area contributed by atoms with E-state index in [9.17, 15) is 14.9 Å². The Balaban J connectivity index is 1.59. The highest BCUT2D eigenvalue weighted by Gasteiger charge is 2.12. The number of carbonyl (C=O) groups is 1. The van der Waals surface area contributed by atoms with Crippen molar-refractivity contribution < 1.29 is 23.7 Å². The van der Waals surface area contributed by atoms with Crippen LogP contribution in [0.15, 0.2) is 53.1 Å². The summed E-state index contributed by atoms with van der Waals surface area (Å²) in [6.45, 7) is 3.94. The molecule has 0 atom stereocenters. The van der Waals surface area contributed by atoms with Gasteiger partial charge in [-0.15, -0.1) is 0 Å². The zero-order chi connectivity index (χ0) is 20.1. The van der Waals surface area contributed by atoms with Gasteiger partial charge in [-0.1, -0.05) is 11.2 Å². The Hall–Kier alpha value is -3.68. The van der Waals surface area contributed by atoms with Crippen molar-refractivity contribution >= 4 is 11.7 Å². The molecule has 0 fully saturated rings. The highest BCUT2D eigenvalue weighted by atomic mass is 16.6. The molecule has 0 radical (unpaired) electrons. The van der Waals surface area contributed by atoms with E-state index in [2.05, 4.69) is 5.16 Å². The molecular formula is C20H18N2O6. The van der Waals surface area contributed by atoms with Crippen LogP contribution < -0.4 is 4.74 Å². The van der Waals surface area contributed by atoms with E-state index < -0.39 is 10.9 Å². The summed E-state index contributed by atoms with van der Waals surface area (Å²) in [7, 11) is 0. The summed E-state index contributed by atoms with van der Waals surface area (Å²) >= 11 is 0. The molecule has 0 aliphatic rings. The van der Waals surface area contributed by atoms with E-state index in [-0.39, 0.29) is 18.9 Å². The molecule has 0 aliphatic heterocycles. The molecule has 2 aromatic carbocycles. The number of nitro groups is 1. The topological polar surface area (TPSA) is 105 Å². The summed E-state index contributed by atoms with van der Waals surface area (Å²) in [4.78, 5) is 22.5. The third-order valence-corrected chi connectivity index (χ3v) is 4.15. The average Bonchev–Trinajstić information content (AvgIpc) is 3.02. The van der Waals surface area contributed by atoms with Crippen LogP contribution in [-0.2, 0) is 18.0 Å². The minimum Gasteiger partial charge on any atom is -0.489 e. The van der Waals surface area contributed by atoms with Gasteiger partial charge in [0.25, 0.3) is 5.69 Å². The van der Waals surface area contributed by atoms with Crippen LogP contribution >= 0.6 is 0 Å². The third-order valence-electron chi connectivity index (χ3n) is 4.15. The summed E-state index contributed by atoms with van der Waals surface area (Å²) in [5.74, 6) is 0.696. The molecule has 0 amide bonds. The predicted octanol–water partition coefficient (Wildman–Crippen LogP) is 4.14. The lowest BCUT2D eigenvalue weighted by atomic mass is 10.2. The van der Waals surface area contributed by atoms with Gasteiger partial charge in [-0.05, 0) is 49.7 Å². The highest BCUT2D eigenvalue weighted by Crippen LogP contribution is 2.19. The molecule has 8 nitrogen and oxygen atoms in total. The number of nitro benzene ring substituents is 1. The van der Waals surface area contributed by atoms with Crippen molar-refractivity contribution in [2.24, 2.45) is 0 Å². The summed E-state index contributed by atoms with van der Waals surface area (Å²) in [5.41, 5.74) is 2.61. The second-order valence-electron chi connectivity index (χ2n) is 6.12. The van der Waals surface area contributed by atoms with Crippen molar-refractivity contribution in [2.75, 3.05) is 0 Å². The van der Waals surface area contributed by atoms with Gasteiger partial charge in [0.05, 0.1) is 21.7 Å². The number of ether oxygens (including phenoxy) is 2. The minimum absolute atomic E-state index is 0.0149. The molecule has 3 rings (SSSR count). The lowest BCUT2D eigenvalue weighted by Crippen LogP contribution is -2.06. The maximum Gasteiger partial charge on any atom is 0.338 e. The molecular weight excluding hydrogens is 364 g/mol. The maximum absolute atomic E-state index is 12.3. The van der Waals surface area contributed by atoms with E-state index in [1.165, 1.54) is 12.1 Å². The first-order valence-electron chi connectivity index (χ1n) is 8.49. The molecule has 0 unspecified atom stereocenters. The Morgan fingerprint density at radius 2 is 1.89 bits per heavy atom. The van der Waals surface area contributed by atoms with Crippen molar-refractivity contribution in [1.82, 2.24) is 5.16 Å². The normalized spacial score (nSPS) is 10.5. The van der Waals surface area contributed by atoms with E-state index in [0.717, 1.165) is 11.3 Å². The molecule has 0 saturated heterocycles. The number of benzene rings is 2. The molecule has 1 heterocycles. The number of aromatic nitrogens is 1. The third kappa shape index (κ3) is 4.53. The maximum atomic E-state index is 12.3. The van der Waals surface area contributed by atoms with Gasteiger partial charge in [-0.3, -0.25) is 10.1 Å². The van der Waals surface area contributed by atoms with Crippen molar-refractivity contribution in [3.05, 3.63) is 86.8 Å². The van der Waals surface area contributed by atoms with Crippen molar-refractivity contribution in [2.45, 2.75) is 27.1 Å². The highest BCUT2D eigenvalue weighted by molar-refractivity contribution is 5.89. The Labute approximate surface area is 160 Å². The monoisotopic (exact) mass is 382 g/mol. The molecule has 0 N–H and O–H groups in total. The SMILES string of the molecule is Cc1noc(C)c1COc1cccc(C(=O)OCc2ccc([N+](=O)[O-])cc2)c1. The fourth-order valence-electron chi connectivity index (χ4n) is 2.52. The second-order valence-corrected chi connectivity index (χ2v) is 6.12. The Bertz CT molecular complexity index is 975. The van der Waals surface area contributed by atoms with Crippen molar-refractivity contribution in [3.8, 4) is 5.75 Å². The smallest absolute Gasteiger partial charge is 0.338 e. The number of hydrogen-bond acceptors (Lipinski definition) is 7. The van der Waals surface area contributed by atoms with Gasteiger partial charge < -0.3 is 14.0 Å². The first kappa shape index (κ1) is 19.1. The van der Waals surface area contributed by atoms with E-state index in [1.807, 2.05) is 13.8 Å². The zero-order valence-electron chi connectivity index (χ0n) is 15.4. The molecule has 0 spiro atoms. The quantitative estimate of drug-likeness (QED) is 0.343. The summed E-state index contributed by atoms with van der Waals surface area (Å²) in [6.07, 6.45) is 0. The number of rotatable bonds is 7. The number of nitrogens with zero attached hydrogens (tertiary/aromatic N) is 2. The largest absolute Gasteiger partial charge is 0.489 e. The van der Waals surface area contributed by atoms with Crippen LogP contribution in [0.4, 0.5) is 5.69 Å². The van der Waals surface area contributed by atoms with Crippen LogP contribution in [-0.4, -0.2) is 16.0 Å². The Morgan fingerprint density at radius 3 is 2.54 bits per heavy atom. The van der Waals surface area contributed by atoms with Gasteiger partial charge in [0.2, 0.25) is 0 Å². The average molecular weight is 382 g/mol. The number of hydrogen-bond donors (Lipinski definition) is 0. The lowest BCUT2D eigenvalue weighted by Gasteiger charge is -2.08. The van der Waals surface area contributed by atoms with Crippen molar-refractivity contribution in [3.63, 3.8) is 0 Å². The molecule has 1 aromatic heterocycles. The summed E-state index contributed by atoms with van der Waals surface area (Å²) in [5, 5.41) is 14.5. The van der Waals surface area contributed by atoms with Crippen LogP contribution in [0.3, 0.4) is 0 Å². The first-order valence-corrected chi connectivity index (χ1v) is 8.49. The van der Waals surface area contributed by atoms with Crippen LogP contribution in [0.5, 0.6) is 5.75 Å². The van der Waals surface area contributed by atoms with E-state index >= 15 is 0 Å². The predicted molar refractivity (Wildman–Crippen MR) is 99.0 cm³/mol. The van der Waals surface area contributed by atoms with E-state index in [4.69, 9.17) is 14.0 Å². The van der Waals surface area contributed by atoms with Crippen LogP contribution in [0.2, 0.25) is 0 Å². The lowest BCUT2D eigenvalue weighted by molar-refractivity contribution is -0.384. The second kappa shape index (κ2) is 8.34. The van der Waals surface area contributed by atoms with Gasteiger partial charge >= 0.3 is 5.97 Å². The van der Waals surface area contributed by atoms with Gasteiger partial charge in [0.1, 0.15) is 24.7 Å². The number of carbonyl (C=O) groups excluding carboxylic acids is 1. The molecule has 0 saturated carbocycles. The number of esters is 1. The van der Waals surface area contributed by atoms with E-state index in [0.29, 0.717) is 22.6 Å². The summed E-state index contributed by atoms with van der Waals surface area (Å²) in [6, 6.07) is 12.5. The molecule has 28 heavy (non-hydrogen) atoms. The van der Waals surface area contributed by atoms with Gasteiger partial charge in [0, 0.05) is 12.1 Å². The number of non-ortho nitro benzene ring substituents is 1.